The molecule has 0 amide bonds. The first-order valence-corrected chi connectivity index (χ1v) is 8.53. The molecule has 5 heteroatoms. The summed E-state index contributed by atoms with van der Waals surface area (Å²) in [7, 11) is 0. The number of aliphatic hydroxyl groups is 1. The highest BCUT2D eigenvalue weighted by molar-refractivity contribution is 6.30. The summed E-state index contributed by atoms with van der Waals surface area (Å²) in [6.07, 6.45) is 0. The first kappa shape index (κ1) is 18.9. The van der Waals surface area contributed by atoms with Gasteiger partial charge in [-0.2, -0.15) is 0 Å². The fourth-order valence-corrected chi connectivity index (χ4v) is 3.41. The maximum Gasteiger partial charge on any atom is 0.0602 e. The van der Waals surface area contributed by atoms with Crippen LogP contribution >= 0.6 is 11.6 Å². The van der Waals surface area contributed by atoms with Crippen LogP contribution in [0.4, 0.5) is 0 Å². The molecule has 0 saturated carbocycles. The zero-order valence-corrected chi connectivity index (χ0v) is 14.5. The van der Waals surface area contributed by atoms with Crippen LogP contribution in [0.5, 0.6) is 0 Å². The van der Waals surface area contributed by atoms with Crippen molar-refractivity contribution in [2.75, 3.05) is 39.3 Å². The first-order chi connectivity index (χ1) is 11.3. The molecule has 1 fully saturated rings. The first-order valence-electron chi connectivity index (χ1n) is 8.15. The van der Waals surface area contributed by atoms with Crippen molar-refractivity contribution < 1.29 is 10.6 Å². The lowest BCUT2D eigenvalue weighted by Gasteiger charge is -2.39. The van der Waals surface area contributed by atoms with Crippen LogP contribution in [-0.4, -0.2) is 59.7 Å². The van der Waals surface area contributed by atoms with E-state index in [-0.39, 0.29) is 18.1 Å². The molecule has 0 spiro atoms. The molecule has 1 atom stereocenters. The molecule has 1 aliphatic heterocycles. The van der Waals surface area contributed by atoms with Crippen molar-refractivity contribution in [3.05, 3.63) is 70.7 Å². The molecule has 0 radical (unpaired) electrons. The Morgan fingerprint density at radius 3 is 2.04 bits per heavy atom. The second-order valence-electron chi connectivity index (χ2n) is 5.97. The minimum atomic E-state index is 0. The largest absolute Gasteiger partial charge is 0.412 e. The van der Waals surface area contributed by atoms with Crippen LogP contribution in [0, 0.1) is 0 Å². The number of nitrogens with zero attached hydrogens (tertiary/aromatic N) is 2. The van der Waals surface area contributed by atoms with Crippen molar-refractivity contribution in [3.8, 4) is 0 Å². The molecular formula is C19H25ClN2O2. The lowest BCUT2D eigenvalue weighted by Crippen LogP contribution is -2.48. The van der Waals surface area contributed by atoms with Crippen LogP contribution in [0.25, 0.3) is 0 Å². The van der Waals surface area contributed by atoms with Gasteiger partial charge in [-0.15, -0.1) is 0 Å². The van der Waals surface area contributed by atoms with Crippen LogP contribution in [0.15, 0.2) is 54.6 Å². The second kappa shape index (κ2) is 9.16. The molecule has 0 aromatic heterocycles. The highest BCUT2D eigenvalue weighted by atomic mass is 35.5. The third-order valence-corrected chi connectivity index (χ3v) is 4.74. The third kappa shape index (κ3) is 4.56. The second-order valence-corrected chi connectivity index (χ2v) is 6.40. The molecule has 1 heterocycles. The Morgan fingerprint density at radius 2 is 1.46 bits per heavy atom. The zero-order chi connectivity index (χ0) is 16.1. The van der Waals surface area contributed by atoms with Gasteiger partial charge in [0.25, 0.3) is 0 Å². The Balaban J connectivity index is 0.00000208. The van der Waals surface area contributed by atoms with Crippen LogP contribution in [-0.2, 0) is 0 Å². The molecule has 1 aliphatic rings. The number of benzene rings is 2. The minimum Gasteiger partial charge on any atom is -0.412 e. The molecule has 1 unspecified atom stereocenters. The Labute approximate surface area is 148 Å². The van der Waals surface area contributed by atoms with Crippen molar-refractivity contribution in [2.45, 2.75) is 6.04 Å². The number of piperazine rings is 1. The molecule has 0 bridgehead atoms. The SMILES string of the molecule is O.OCCN1CCN(C(c2ccccc2)c2ccc(Cl)cc2)CC1. The smallest absolute Gasteiger partial charge is 0.0602 e. The molecule has 130 valence electrons. The van der Waals surface area contributed by atoms with E-state index in [0.29, 0.717) is 0 Å². The average molecular weight is 349 g/mol. The normalized spacial score (nSPS) is 17.2. The fourth-order valence-electron chi connectivity index (χ4n) is 3.28. The van der Waals surface area contributed by atoms with Gasteiger partial charge in [-0.3, -0.25) is 9.80 Å². The zero-order valence-electron chi connectivity index (χ0n) is 13.7. The summed E-state index contributed by atoms with van der Waals surface area (Å²) in [6.45, 7) is 5.00. The number of halogens is 1. The van der Waals surface area contributed by atoms with Gasteiger partial charge in [0, 0.05) is 37.7 Å². The number of aliphatic hydroxyl groups excluding tert-OH is 1. The maximum atomic E-state index is 9.11. The van der Waals surface area contributed by atoms with E-state index in [2.05, 4.69) is 52.3 Å². The van der Waals surface area contributed by atoms with Gasteiger partial charge < -0.3 is 10.6 Å². The highest BCUT2D eigenvalue weighted by Crippen LogP contribution is 2.30. The molecular weight excluding hydrogens is 324 g/mol. The molecule has 3 rings (SSSR count). The van der Waals surface area contributed by atoms with Crippen LogP contribution in [0.2, 0.25) is 5.02 Å². The Hall–Kier alpha value is -1.43. The van der Waals surface area contributed by atoms with Gasteiger partial charge in [0.2, 0.25) is 0 Å². The van der Waals surface area contributed by atoms with Crippen molar-refractivity contribution >= 4 is 11.6 Å². The predicted molar refractivity (Wildman–Crippen MR) is 98.4 cm³/mol. The van der Waals surface area contributed by atoms with E-state index < -0.39 is 0 Å². The van der Waals surface area contributed by atoms with Crippen LogP contribution < -0.4 is 0 Å². The van der Waals surface area contributed by atoms with Gasteiger partial charge in [-0.25, -0.2) is 0 Å². The molecule has 24 heavy (non-hydrogen) atoms. The van der Waals surface area contributed by atoms with E-state index in [0.717, 1.165) is 37.7 Å². The average Bonchev–Trinajstić information content (AvgIpc) is 2.60. The van der Waals surface area contributed by atoms with E-state index >= 15 is 0 Å². The molecule has 2 aromatic rings. The van der Waals surface area contributed by atoms with E-state index in [1.54, 1.807) is 0 Å². The molecule has 1 saturated heterocycles. The Morgan fingerprint density at radius 1 is 0.875 bits per heavy atom. The monoisotopic (exact) mass is 348 g/mol. The van der Waals surface area contributed by atoms with E-state index in [9.17, 15) is 0 Å². The summed E-state index contributed by atoms with van der Waals surface area (Å²) >= 11 is 6.06. The minimum absolute atomic E-state index is 0. The standard InChI is InChI=1S/C19H23ClN2O.H2O/c20-18-8-6-17(7-9-18)19(16-4-2-1-3-5-16)22-12-10-21(11-13-22)14-15-23;/h1-9,19,23H,10-15H2;1H2. The maximum absolute atomic E-state index is 9.11. The third-order valence-electron chi connectivity index (χ3n) is 4.49. The van der Waals surface area contributed by atoms with Gasteiger partial charge >= 0.3 is 0 Å². The number of β-amino-alcohol motifs (C(OH)–C–C–N with tert-alkyl or cyclic N) is 1. The summed E-state index contributed by atoms with van der Waals surface area (Å²) < 4.78 is 0. The van der Waals surface area contributed by atoms with Gasteiger partial charge in [0.15, 0.2) is 0 Å². The van der Waals surface area contributed by atoms with Gasteiger partial charge in [-0.1, -0.05) is 54.1 Å². The highest BCUT2D eigenvalue weighted by Gasteiger charge is 2.26. The summed E-state index contributed by atoms with van der Waals surface area (Å²) in [5, 5.41) is 9.88. The Bertz CT molecular complexity index is 599. The number of rotatable bonds is 5. The molecule has 3 N–H and O–H groups in total. The van der Waals surface area contributed by atoms with Gasteiger partial charge in [0.05, 0.1) is 12.6 Å². The predicted octanol–water partition coefficient (Wildman–Crippen LogP) is 2.21. The van der Waals surface area contributed by atoms with E-state index in [4.69, 9.17) is 16.7 Å². The summed E-state index contributed by atoms with van der Waals surface area (Å²) in [5.74, 6) is 0. The summed E-state index contributed by atoms with van der Waals surface area (Å²) in [4.78, 5) is 4.84. The lowest BCUT2D eigenvalue weighted by molar-refractivity contribution is 0.0945. The van der Waals surface area contributed by atoms with Crippen molar-refractivity contribution in [1.29, 1.82) is 0 Å². The van der Waals surface area contributed by atoms with E-state index in [1.165, 1.54) is 11.1 Å². The molecule has 2 aromatic carbocycles. The van der Waals surface area contributed by atoms with Gasteiger partial charge in [0.1, 0.15) is 0 Å². The summed E-state index contributed by atoms with van der Waals surface area (Å²) in [5.41, 5.74) is 2.58. The van der Waals surface area contributed by atoms with Gasteiger partial charge in [-0.05, 0) is 23.3 Å². The Kier molecular flexibility index (Phi) is 7.21. The van der Waals surface area contributed by atoms with Crippen LogP contribution in [0.3, 0.4) is 0 Å². The topological polar surface area (TPSA) is 58.2 Å². The quantitative estimate of drug-likeness (QED) is 0.901. The fraction of sp³-hybridized carbons (Fsp3) is 0.368. The van der Waals surface area contributed by atoms with Crippen LogP contribution in [0.1, 0.15) is 17.2 Å². The van der Waals surface area contributed by atoms with Crippen molar-refractivity contribution in [3.63, 3.8) is 0 Å². The number of hydrogen-bond donors (Lipinski definition) is 1. The summed E-state index contributed by atoms with van der Waals surface area (Å²) in [6, 6.07) is 19.1. The van der Waals surface area contributed by atoms with Crippen molar-refractivity contribution in [1.82, 2.24) is 9.80 Å². The molecule has 4 nitrogen and oxygen atoms in total. The number of hydrogen-bond acceptors (Lipinski definition) is 3. The van der Waals surface area contributed by atoms with Crippen molar-refractivity contribution in [2.24, 2.45) is 0 Å². The lowest BCUT2D eigenvalue weighted by atomic mass is 9.96. The molecule has 0 aliphatic carbocycles. The van der Waals surface area contributed by atoms with E-state index in [1.807, 2.05) is 12.1 Å².